The number of hydrogen-bond donors (Lipinski definition) is 2. The van der Waals surface area contributed by atoms with E-state index in [9.17, 15) is 0 Å². The Morgan fingerprint density at radius 2 is 1.90 bits per heavy atom. The van der Waals surface area contributed by atoms with Gasteiger partial charge in [-0.25, -0.2) is 4.99 Å². The lowest BCUT2D eigenvalue weighted by Gasteiger charge is -2.14. The molecule has 0 aliphatic carbocycles. The first-order valence-electron chi connectivity index (χ1n) is 9.55. The van der Waals surface area contributed by atoms with Gasteiger partial charge in [0.2, 0.25) is 0 Å². The number of nitrogens with zero attached hydrogens (tertiary/aromatic N) is 4. The maximum Gasteiger partial charge on any atom is 0.196 e. The molecule has 0 atom stereocenters. The van der Waals surface area contributed by atoms with Gasteiger partial charge in [-0.3, -0.25) is 4.57 Å². The Balaban J connectivity index is 0.00000320. The first-order valence-corrected chi connectivity index (χ1v) is 9.55. The summed E-state index contributed by atoms with van der Waals surface area (Å²) in [6.45, 7) is 5.64. The van der Waals surface area contributed by atoms with E-state index in [1.807, 2.05) is 66.9 Å². The number of hydrogen-bond acceptors (Lipinski definition) is 5. The van der Waals surface area contributed by atoms with Crippen LogP contribution >= 0.6 is 24.0 Å². The van der Waals surface area contributed by atoms with Crippen LogP contribution in [0.4, 0.5) is 5.69 Å². The van der Waals surface area contributed by atoms with Crippen molar-refractivity contribution >= 4 is 35.6 Å². The van der Waals surface area contributed by atoms with Crippen molar-refractivity contribution in [1.29, 1.82) is 0 Å². The number of rotatable bonds is 8. The Kier molecular flexibility index (Phi) is 9.39. The van der Waals surface area contributed by atoms with Gasteiger partial charge in [-0.15, -0.1) is 34.2 Å². The van der Waals surface area contributed by atoms with Crippen molar-refractivity contribution in [2.75, 3.05) is 25.6 Å². The first kappa shape index (κ1) is 23.5. The van der Waals surface area contributed by atoms with Gasteiger partial charge in [-0.05, 0) is 38.1 Å². The fourth-order valence-electron chi connectivity index (χ4n) is 2.78. The third-order valence-corrected chi connectivity index (χ3v) is 4.10. The standard InChI is InChI=1S/C21H26N6O2.HI/c1-4-22-21(25-16-11-12-18(29-5-2)19(13-16)28-3)23-14-20-26-24-15-27(20)17-9-7-6-8-10-17;/h6-13,15H,4-5,14H2,1-3H3,(H2,22,23,25);1H. The number of anilines is 1. The Bertz CT molecular complexity index is 946. The fourth-order valence-corrected chi connectivity index (χ4v) is 2.78. The van der Waals surface area contributed by atoms with Crippen molar-refractivity contribution in [3.8, 4) is 17.2 Å². The summed E-state index contributed by atoms with van der Waals surface area (Å²) in [5.74, 6) is 2.76. The number of nitrogens with one attached hydrogen (secondary N) is 2. The molecule has 160 valence electrons. The molecule has 8 nitrogen and oxygen atoms in total. The summed E-state index contributed by atoms with van der Waals surface area (Å²) in [5.41, 5.74) is 1.84. The third-order valence-electron chi connectivity index (χ3n) is 4.10. The molecule has 3 aromatic rings. The number of guanidine groups is 1. The zero-order valence-electron chi connectivity index (χ0n) is 17.3. The summed E-state index contributed by atoms with van der Waals surface area (Å²) in [6.07, 6.45) is 1.69. The van der Waals surface area contributed by atoms with E-state index in [0.717, 1.165) is 23.7 Å². The smallest absolute Gasteiger partial charge is 0.196 e. The van der Waals surface area contributed by atoms with Crippen LogP contribution in [0.15, 0.2) is 59.9 Å². The fraction of sp³-hybridized carbons (Fsp3) is 0.286. The minimum absolute atomic E-state index is 0. The highest BCUT2D eigenvalue weighted by Gasteiger charge is 2.09. The lowest BCUT2D eigenvalue weighted by Crippen LogP contribution is -2.30. The third kappa shape index (κ3) is 6.09. The van der Waals surface area contributed by atoms with E-state index >= 15 is 0 Å². The Hall–Kier alpha value is -2.82. The second kappa shape index (κ2) is 12.0. The van der Waals surface area contributed by atoms with Gasteiger partial charge in [-0.1, -0.05) is 18.2 Å². The van der Waals surface area contributed by atoms with E-state index in [4.69, 9.17) is 9.47 Å². The molecule has 0 fully saturated rings. The molecule has 3 rings (SSSR count). The predicted molar refractivity (Wildman–Crippen MR) is 129 cm³/mol. The summed E-state index contributed by atoms with van der Waals surface area (Å²) in [7, 11) is 1.62. The molecule has 0 bridgehead atoms. The topological polar surface area (TPSA) is 85.6 Å². The summed E-state index contributed by atoms with van der Waals surface area (Å²) < 4.78 is 12.9. The first-order chi connectivity index (χ1) is 14.2. The SMILES string of the molecule is CCNC(=NCc1nncn1-c1ccccc1)Nc1ccc(OCC)c(OC)c1.I. The molecule has 2 aromatic carbocycles. The van der Waals surface area contributed by atoms with Gasteiger partial charge in [0.15, 0.2) is 23.3 Å². The highest BCUT2D eigenvalue weighted by Crippen LogP contribution is 2.30. The van der Waals surface area contributed by atoms with E-state index in [1.54, 1.807) is 13.4 Å². The van der Waals surface area contributed by atoms with Gasteiger partial charge in [0.25, 0.3) is 0 Å². The Labute approximate surface area is 193 Å². The van der Waals surface area contributed by atoms with Gasteiger partial charge in [0, 0.05) is 24.0 Å². The molecule has 30 heavy (non-hydrogen) atoms. The van der Waals surface area contributed by atoms with Crippen LogP contribution in [-0.2, 0) is 6.54 Å². The number of aliphatic imine (C=N–C) groups is 1. The number of aromatic nitrogens is 3. The second-order valence-corrected chi connectivity index (χ2v) is 6.07. The molecular weight excluding hydrogens is 495 g/mol. The number of ether oxygens (including phenoxy) is 2. The van der Waals surface area contributed by atoms with Crippen LogP contribution in [-0.4, -0.2) is 41.0 Å². The maximum atomic E-state index is 5.57. The molecule has 1 aromatic heterocycles. The molecule has 0 amide bonds. The minimum atomic E-state index is 0. The van der Waals surface area contributed by atoms with E-state index in [1.165, 1.54) is 0 Å². The van der Waals surface area contributed by atoms with Crippen molar-refractivity contribution in [2.45, 2.75) is 20.4 Å². The molecule has 0 aliphatic heterocycles. The lowest BCUT2D eigenvalue weighted by molar-refractivity contribution is 0.311. The quantitative estimate of drug-likeness (QED) is 0.266. The van der Waals surface area contributed by atoms with Gasteiger partial charge in [0.05, 0.1) is 13.7 Å². The van der Waals surface area contributed by atoms with Crippen molar-refractivity contribution in [3.63, 3.8) is 0 Å². The number of benzene rings is 2. The summed E-state index contributed by atoms with van der Waals surface area (Å²) >= 11 is 0. The highest BCUT2D eigenvalue weighted by atomic mass is 127. The van der Waals surface area contributed by atoms with Crippen LogP contribution in [0.5, 0.6) is 11.5 Å². The number of methoxy groups -OCH3 is 1. The summed E-state index contributed by atoms with van der Waals surface area (Å²) in [4.78, 5) is 4.65. The summed E-state index contributed by atoms with van der Waals surface area (Å²) in [6, 6.07) is 15.6. The number of halogens is 1. The normalized spacial score (nSPS) is 10.8. The zero-order valence-corrected chi connectivity index (χ0v) is 19.7. The van der Waals surface area contributed by atoms with Crippen LogP contribution in [0, 0.1) is 0 Å². The van der Waals surface area contributed by atoms with E-state index in [0.29, 0.717) is 30.6 Å². The van der Waals surface area contributed by atoms with Crippen LogP contribution in [0.25, 0.3) is 5.69 Å². The molecule has 0 unspecified atom stereocenters. The van der Waals surface area contributed by atoms with Crippen LogP contribution in [0.1, 0.15) is 19.7 Å². The largest absolute Gasteiger partial charge is 0.493 e. The van der Waals surface area contributed by atoms with Gasteiger partial charge >= 0.3 is 0 Å². The molecule has 0 spiro atoms. The van der Waals surface area contributed by atoms with Crippen molar-refractivity contribution in [1.82, 2.24) is 20.1 Å². The number of para-hydroxylation sites is 1. The molecule has 0 radical (unpaired) electrons. The molecule has 0 aliphatic rings. The molecule has 2 N–H and O–H groups in total. The van der Waals surface area contributed by atoms with Gasteiger partial charge in [-0.2, -0.15) is 0 Å². The molecule has 0 saturated heterocycles. The average molecular weight is 522 g/mol. The van der Waals surface area contributed by atoms with E-state index < -0.39 is 0 Å². The highest BCUT2D eigenvalue weighted by molar-refractivity contribution is 14.0. The minimum Gasteiger partial charge on any atom is -0.493 e. The Morgan fingerprint density at radius 3 is 2.60 bits per heavy atom. The molecular formula is C21H27IN6O2. The van der Waals surface area contributed by atoms with Crippen LogP contribution in [0.2, 0.25) is 0 Å². The van der Waals surface area contributed by atoms with Crippen molar-refractivity contribution < 1.29 is 9.47 Å². The Morgan fingerprint density at radius 1 is 1.10 bits per heavy atom. The van der Waals surface area contributed by atoms with Crippen LogP contribution < -0.4 is 20.1 Å². The monoisotopic (exact) mass is 522 g/mol. The molecule has 1 heterocycles. The van der Waals surface area contributed by atoms with Crippen LogP contribution in [0.3, 0.4) is 0 Å². The van der Waals surface area contributed by atoms with E-state index in [2.05, 4.69) is 25.8 Å². The van der Waals surface area contributed by atoms with Crippen molar-refractivity contribution in [3.05, 3.63) is 60.7 Å². The predicted octanol–water partition coefficient (Wildman–Crippen LogP) is 3.87. The lowest BCUT2D eigenvalue weighted by atomic mass is 10.2. The summed E-state index contributed by atoms with van der Waals surface area (Å²) in [5, 5.41) is 14.8. The van der Waals surface area contributed by atoms with E-state index in [-0.39, 0.29) is 24.0 Å². The second-order valence-electron chi connectivity index (χ2n) is 6.07. The maximum absolute atomic E-state index is 5.57. The van der Waals surface area contributed by atoms with Gasteiger partial charge < -0.3 is 20.1 Å². The molecule has 9 heteroatoms. The zero-order chi connectivity index (χ0) is 20.5. The average Bonchev–Trinajstić information content (AvgIpc) is 3.22. The van der Waals surface area contributed by atoms with Crippen molar-refractivity contribution in [2.24, 2.45) is 4.99 Å². The van der Waals surface area contributed by atoms with Gasteiger partial charge in [0.1, 0.15) is 12.9 Å². The molecule has 0 saturated carbocycles.